The van der Waals surface area contributed by atoms with Crippen LogP contribution in [0.15, 0.2) is 70.4 Å². The Morgan fingerprint density at radius 2 is 1.39 bits per heavy atom. The number of sulfone groups is 1. The maximum Gasteiger partial charge on any atom is 0.351 e. The zero-order valence-electron chi connectivity index (χ0n) is 17.6. The van der Waals surface area contributed by atoms with Gasteiger partial charge in [0.1, 0.15) is 0 Å². The highest BCUT2D eigenvalue weighted by atomic mass is 32.2. The van der Waals surface area contributed by atoms with E-state index in [-0.39, 0.29) is 12.8 Å². The second-order valence-electron chi connectivity index (χ2n) is 8.19. The van der Waals surface area contributed by atoms with E-state index in [4.69, 9.17) is 4.74 Å². The van der Waals surface area contributed by atoms with Crippen LogP contribution in [0.3, 0.4) is 0 Å². The highest BCUT2D eigenvalue weighted by Crippen LogP contribution is 2.45. The molecule has 0 atom stereocenters. The first-order valence-corrected chi connectivity index (χ1v) is 12.2. The van der Waals surface area contributed by atoms with E-state index in [1.807, 2.05) is 0 Å². The van der Waals surface area contributed by atoms with Gasteiger partial charge in [-0.05, 0) is 43.2 Å². The van der Waals surface area contributed by atoms with Crippen molar-refractivity contribution in [2.24, 2.45) is 0 Å². The minimum Gasteiger partial charge on any atom is -0.858 e. The minimum absolute atomic E-state index is 0.210. The molecule has 0 unspecified atom stereocenters. The van der Waals surface area contributed by atoms with E-state index in [9.17, 15) is 23.1 Å². The number of rotatable bonds is 3. The van der Waals surface area contributed by atoms with Crippen LogP contribution in [0.2, 0.25) is 0 Å². The number of carbonyl (C=O) groups is 1. The molecular weight excluding hydrogens is 444 g/mol. The molecule has 2 fully saturated rings. The first-order valence-electron chi connectivity index (χ1n) is 10.7. The van der Waals surface area contributed by atoms with Crippen LogP contribution < -0.4 is 10.7 Å². The average molecular weight is 466 g/mol. The fourth-order valence-electron chi connectivity index (χ4n) is 4.54. The number of nitrogens with zero attached hydrogens (tertiary/aromatic N) is 2. The molecule has 1 aliphatic carbocycles. The van der Waals surface area contributed by atoms with Gasteiger partial charge in [0, 0.05) is 18.7 Å². The number of para-hydroxylation sites is 2. The third kappa shape index (κ3) is 3.22. The number of hydrogen-bond donors (Lipinski definition) is 0. The van der Waals surface area contributed by atoms with Gasteiger partial charge in [-0.1, -0.05) is 42.8 Å². The second-order valence-corrected chi connectivity index (χ2v) is 10.4. The standard InChI is InChI=1S/C24H22N2O6S/c27-21-19(16-20-23(29)32-24(33(20,30)31)14-8-3-9-15-24)22(28)26(18-12-6-2-7-13-18)25(21)17-10-4-1-5-11-17/h1-2,4-7,10-13,16,27H,3,8-9,14-15H2/p-1. The van der Waals surface area contributed by atoms with Crippen LogP contribution in [0.25, 0.3) is 17.5 Å². The van der Waals surface area contributed by atoms with Gasteiger partial charge in [-0.3, -0.25) is 9.48 Å². The first kappa shape index (κ1) is 21.3. The molecule has 3 aromatic rings. The molecule has 0 amide bonds. The van der Waals surface area contributed by atoms with Gasteiger partial charge in [-0.15, -0.1) is 0 Å². The Bertz CT molecular complexity index is 1410. The van der Waals surface area contributed by atoms with Gasteiger partial charge < -0.3 is 9.84 Å². The number of esters is 1. The number of benzene rings is 2. The van der Waals surface area contributed by atoms with Gasteiger partial charge in [0.25, 0.3) is 5.56 Å². The van der Waals surface area contributed by atoms with Crippen LogP contribution in [-0.2, 0) is 19.4 Å². The average Bonchev–Trinajstić information content (AvgIpc) is 3.17. The molecule has 1 saturated carbocycles. The zero-order chi connectivity index (χ0) is 23.2. The molecule has 0 N–H and O–H groups in total. The predicted octanol–water partition coefficient (Wildman–Crippen LogP) is 2.67. The number of hydrogen-bond acceptors (Lipinski definition) is 6. The smallest absolute Gasteiger partial charge is 0.351 e. The molecule has 0 bridgehead atoms. The van der Waals surface area contributed by atoms with Crippen LogP contribution in [0.1, 0.15) is 37.7 Å². The van der Waals surface area contributed by atoms with E-state index < -0.39 is 42.6 Å². The SMILES string of the molecule is O=C1OC2(CCCCC2)S(=O)(=O)C1=Cc1c([O-])n(-c2ccccc2)n(-c2ccccc2)c1=O. The van der Waals surface area contributed by atoms with Crippen LogP contribution in [0.4, 0.5) is 0 Å². The van der Waals surface area contributed by atoms with Gasteiger partial charge in [0.05, 0.1) is 16.9 Å². The van der Waals surface area contributed by atoms with Crippen LogP contribution >= 0.6 is 0 Å². The summed E-state index contributed by atoms with van der Waals surface area (Å²) in [5.41, 5.74) is -0.288. The lowest BCUT2D eigenvalue weighted by atomic mass is 9.97. The summed E-state index contributed by atoms with van der Waals surface area (Å²) in [6, 6.07) is 17.1. The van der Waals surface area contributed by atoms with Crippen molar-refractivity contribution in [3.05, 3.63) is 81.5 Å². The Labute approximate surface area is 190 Å². The van der Waals surface area contributed by atoms with Crippen molar-refractivity contribution < 1.29 is 23.1 Å². The fourth-order valence-corrected chi connectivity index (χ4v) is 6.49. The van der Waals surface area contributed by atoms with Crippen LogP contribution in [0, 0.1) is 0 Å². The molecule has 2 aliphatic rings. The summed E-state index contributed by atoms with van der Waals surface area (Å²) in [4.78, 5) is 23.8. The molecule has 1 aromatic heterocycles. The highest BCUT2D eigenvalue weighted by molar-refractivity contribution is 7.98. The van der Waals surface area contributed by atoms with E-state index in [0.29, 0.717) is 24.2 Å². The summed E-state index contributed by atoms with van der Waals surface area (Å²) in [5, 5.41) is 13.4. The Kier molecular flexibility index (Phi) is 5.01. The van der Waals surface area contributed by atoms with E-state index >= 15 is 0 Å². The molecule has 9 heteroatoms. The van der Waals surface area contributed by atoms with Gasteiger partial charge in [0.15, 0.2) is 4.91 Å². The largest absolute Gasteiger partial charge is 0.858 e. The highest BCUT2D eigenvalue weighted by Gasteiger charge is 2.57. The molecule has 5 rings (SSSR count). The predicted molar refractivity (Wildman–Crippen MR) is 120 cm³/mol. The lowest BCUT2D eigenvalue weighted by Gasteiger charge is -2.29. The number of aromatic nitrogens is 2. The minimum atomic E-state index is -4.17. The van der Waals surface area contributed by atoms with Gasteiger partial charge in [-0.2, -0.15) is 0 Å². The Morgan fingerprint density at radius 1 is 0.848 bits per heavy atom. The third-order valence-corrected chi connectivity index (χ3v) is 8.53. The Morgan fingerprint density at radius 3 is 1.97 bits per heavy atom. The van der Waals surface area contributed by atoms with Crippen molar-refractivity contribution in [3.8, 4) is 17.3 Å². The molecule has 2 aromatic carbocycles. The molecule has 1 saturated heterocycles. The topological polar surface area (TPSA) is 110 Å². The summed E-state index contributed by atoms with van der Waals surface area (Å²) < 4.78 is 34.3. The normalized spacial score (nSPS) is 20.2. The number of ether oxygens (including phenoxy) is 1. The van der Waals surface area contributed by atoms with E-state index in [1.165, 1.54) is 9.36 Å². The molecule has 170 valence electrons. The second kappa shape index (κ2) is 7.77. The molecule has 2 heterocycles. The number of carbonyl (C=O) groups excluding carboxylic acids is 1. The molecule has 0 radical (unpaired) electrons. The van der Waals surface area contributed by atoms with Gasteiger partial charge in [0.2, 0.25) is 14.8 Å². The van der Waals surface area contributed by atoms with Crippen LogP contribution in [0.5, 0.6) is 5.88 Å². The summed E-state index contributed by atoms with van der Waals surface area (Å²) >= 11 is 0. The Balaban J connectivity index is 1.74. The van der Waals surface area contributed by atoms with Crippen molar-refractivity contribution in [1.29, 1.82) is 0 Å². The van der Waals surface area contributed by atoms with Crippen LogP contribution in [-0.4, -0.2) is 28.7 Å². The summed E-state index contributed by atoms with van der Waals surface area (Å²) in [6.07, 6.45) is 3.42. The fraction of sp³-hybridized carbons (Fsp3) is 0.250. The van der Waals surface area contributed by atoms with Crippen molar-refractivity contribution in [1.82, 2.24) is 9.36 Å². The van der Waals surface area contributed by atoms with E-state index in [0.717, 1.165) is 12.5 Å². The molecule has 8 nitrogen and oxygen atoms in total. The van der Waals surface area contributed by atoms with E-state index in [1.54, 1.807) is 60.7 Å². The maximum absolute atomic E-state index is 13.4. The molecular formula is C24H21N2O6S-. The van der Waals surface area contributed by atoms with Crippen molar-refractivity contribution in [3.63, 3.8) is 0 Å². The lowest BCUT2D eigenvalue weighted by molar-refractivity contribution is -0.278. The molecule has 1 spiro atoms. The lowest BCUT2D eigenvalue weighted by Crippen LogP contribution is -2.38. The van der Waals surface area contributed by atoms with Crippen molar-refractivity contribution in [2.75, 3.05) is 0 Å². The third-order valence-electron chi connectivity index (χ3n) is 6.20. The summed E-state index contributed by atoms with van der Waals surface area (Å²) in [7, 11) is -4.17. The van der Waals surface area contributed by atoms with Crippen molar-refractivity contribution >= 4 is 21.9 Å². The maximum atomic E-state index is 13.4. The van der Waals surface area contributed by atoms with E-state index in [2.05, 4.69) is 0 Å². The summed E-state index contributed by atoms with van der Waals surface area (Å²) in [6.45, 7) is 0. The zero-order valence-corrected chi connectivity index (χ0v) is 18.5. The van der Waals surface area contributed by atoms with Gasteiger partial charge in [-0.25, -0.2) is 17.9 Å². The first-order chi connectivity index (χ1) is 15.9. The quantitative estimate of drug-likeness (QED) is 0.434. The molecule has 33 heavy (non-hydrogen) atoms. The molecule has 1 aliphatic heterocycles. The monoisotopic (exact) mass is 465 g/mol. The Hall–Kier alpha value is -3.59. The summed E-state index contributed by atoms with van der Waals surface area (Å²) in [5.74, 6) is -1.75. The van der Waals surface area contributed by atoms with Gasteiger partial charge >= 0.3 is 5.97 Å². The van der Waals surface area contributed by atoms with Crippen molar-refractivity contribution in [2.45, 2.75) is 37.0 Å².